The van der Waals surface area contributed by atoms with Crippen molar-refractivity contribution in [2.45, 2.75) is 17.9 Å². The number of rotatable bonds is 4. The number of aliphatic hydroxyl groups is 1. The quantitative estimate of drug-likeness (QED) is 0.887. The lowest BCUT2D eigenvalue weighted by Gasteiger charge is -2.10. The van der Waals surface area contributed by atoms with Crippen molar-refractivity contribution >= 4 is 44.6 Å². The van der Waals surface area contributed by atoms with Gasteiger partial charge in [0.25, 0.3) is 0 Å². The first-order valence-corrected chi connectivity index (χ1v) is 7.00. The maximum Gasteiger partial charge on any atom is 0.243 e. The van der Waals surface area contributed by atoms with Crippen LogP contribution >= 0.6 is 34.5 Å². The summed E-state index contributed by atoms with van der Waals surface area (Å²) in [6.45, 7) is 1.26. The van der Waals surface area contributed by atoms with Crippen molar-refractivity contribution in [3.05, 3.63) is 14.7 Å². The minimum Gasteiger partial charge on any atom is -0.395 e. The van der Waals surface area contributed by atoms with Crippen molar-refractivity contribution in [1.29, 1.82) is 0 Å². The summed E-state index contributed by atoms with van der Waals surface area (Å²) in [5.41, 5.74) is 0. The predicted molar refractivity (Wildman–Crippen MR) is 61.2 cm³/mol. The molecule has 0 bridgehead atoms. The van der Waals surface area contributed by atoms with Crippen molar-refractivity contribution in [2.24, 2.45) is 0 Å². The lowest BCUT2D eigenvalue weighted by atomic mass is 10.4. The molecule has 1 aromatic heterocycles. The lowest BCUT2D eigenvalue weighted by molar-refractivity contribution is 0.265. The minimum atomic E-state index is -3.70. The van der Waals surface area contributed by atoms with Crippen LogP contribution in [-0.2, 0) is 10.0 Å². The van der Waals surface area contributed by atoms with Crippen LogP contribution in [0, 0.1) is 0 Å². The fourth-order valence-electron chi connectivity index (χ4n) is 0.874. The van der Waals surface area contributed by atoms with E-state index in [4.69, 9.17) is 28.3 Å². The first kappa shape index (κ1) is 13.2. The van der Waals surface area contributed by atoms with Gasteiger partial charge in [-0.3, -0.25) is 0 Å². The molecule has 1 atom stereocenters. The molecule has 0 aromatic carbocycles. The van der Waals surface area contributed by atoms with E-state index in [-0.39, 0.29) is 15.8 Å². The average molecular weight is 290 g/mol. The van der Waals surface area contributed by atoms with Gasteiger partial charge in [-0.15, -0.1) is 11.3 Å². The van der Waals surface area contributed by atoms with Gasteiger partial charge >= 0.3 is 0 Å². The summed E-state index contributed by atoms with van der Waals surface area (Å²) in [5, 5.41) is 8.74. The summed E-state index contributed by atoms with van der Waals surface area (Å²) in [6.07, 6.45) is 0. The molecule has 0 aliphatic rings. The standard InChI is InChI=1S/C7H9Cl2NO3S2/c1-4(3-11)10-15(12,13)5-2-6(8)14-7(5)9/h2,4,10-11H,3H2,1H3. The third-order valence-corrected chi connectivity index (χ3v) is 4.89. The Bertz CT molecular complexity index is 443. The zero-order valence-corrected chi connectivity index (χ0v) is 10.8. The average Bonchev–Trinajstić information content (AvgIpc) is 2.45. The number of sulfonamides is 1. The number of hydrogen-bond donors (Lipinski definition) is 2. The Morgan fingerprint density at radius 3 is 2.60 bits per heavy atom. The highest BCUT2D eigenvalue weighted by atomic mass is 35.5. The van der Waals surface area contributed by atoms with Crippen LogP contribution in [0.15, 0.2) is 11.0 Å². The number of nitrogens with one attached hydrogen (secondary N) is 1. The third kappa shape index (κ3) is 3.30. The van der Waals surface area contributed by atoms with Gasteiger partial charge in [-0.25, -0.2) is 13.1 Å². The van der Waals surface area contributed by atoms with Gasteiger partial charge in [0.15, 0.2) is 0 Å². The third-order valence-electron chi connectivity index (χ3n) is 1.55. The van der Waals surface area contributed by atoms with E-state index in [9.17, 15) is 8.42 Å². The normalized spacial score (nSPS) is 14.1. The summed E-state index contributed by atoms with van der Waals surface area (Å²) in [4.78, 5) is -0.0560. The van der Waals surface area contributed by atoms with E-state index in [2.05, 4.69) is 4.72 Å². The second kappa shape index (κ2) is 4.99. The van der Waals surface area contributed by atoms with Crippen molar-refractivity contribution in [3.63, 3.8) is 0 Å². The molecule has 2 N–H and O–H groups in total. The van der Waals surface area contributed by atoms with Crippen LogP contribution in [0.1, 0.15) is 6.92 Å². The van der Waals surface area contributed by atoms with Gasteiger partial charge in [0.2, 0.25) is 10.0 Å². The fourth-order valence-corrected chi connectivity index (χ4v) is 4.26. The van der Waals surface area contributed by atoms with Crippen molar-refractivity contribution < 1.29 is 13.5 Å². The summed E-state index contributed by atoms with van der Waals surface area (Å²) >= 11 is 12.3. The Kier molecular flexibility index (Phi) is 4.39. The van der Waals surface area contributed by atoms with Crippen molar-refractivity contribution in [3.8, 4) is 0 Å². The summed E-state index contributed by atoms with van der Waals surface area (Å²) in [7, 11) is -3.70. The van der Waals surface area contributed by atoms with Crippen LogP contribution in [0.2, 0.25) is 8.67 Å². The van der Waals surface area contributed by atoms with E-state index in [1.165, 1.54) is 6.07 Å². The molecule has 86 valence electrons. The molecule has 0 fully saturated rings. The number of halogens is 2. The van der Waals surface area contributed by atoms with Gasteiger partial charge in [0.1, 0.15) is 9.23 Å². The van der Waals surface area contributed by atoms with Gasteiger partial charge < -0.3 is 5.11 Å². The highest BCUT2D eigenvalue weighted by Gasteiger charge is 2.22. The van der Waals surface area contributed by atoms with Crippen molar-refractivity contribution in [2.75, 3.05) is 6.61 Å². The molecule has 0 radical (unpaired) electrons. The molecule has 1 unspecified atom stereocenters. The molecule has 0 saturated carbocycles. The Hall–Kier alpha value is 0.150. The van der Waals surface area contributed by atoms with E-state index >= 15 is 0 Å². The zero-order valence-electron chi connectivity index (χ0n) is 7.70. The molecule has 4 nitrogen and oxygen atoms in total. The molecule has 0 amide bonds. The molecule has 0 aliphatic carbocycles. The second-order valence-corrected chi connectivity index (χ2v) is 6.86. The number of thiophene rings is 1. The SMILES string of the molecule is CC(CO)NS(=O)(=O)c1cc(Cl)sc1Cl. The maximum absolute atomic E-state index is 11.7. The molecule has 8 heteroatoms. The highest BCUT2D eigenvalue weighted by Crippen LogP contribution is 2.34. The number of aliphatic hydroxyl groups excluding tert-OH is 1. The Morgan fingerprint density at radius 2 is 2.20 bits per heavy atom. The second-order valence-electron chi connectivity index (χ2n) is 2.89. The molecule has 1 rings (SSSR count). The Balaban J connectivity index is 3.01. The number of hydrogen-bond acceptors (Lipinski definition) is 4. The molecule has 0 saturated heterocycles. The molecule has 0 spiro atoms. The first-order valence-electron chi connectivity index (χ1n) is 3.95. The van der Waals surface area contributed by atoms with E-state index < -0.39 is 16.1 Å². The fraction of sp³-hybridized carbons (Fsp3) is 0.429. The maximum atomic E-state index is 11.7. The van der Waals surface area contributed by atoms with Crippen molar-refractivity contribution in [1.82, 2.24) is 4.72 Å². The molecule has 15 heavy (non-hydrogen) atoms. The lowest BCUT2D eigenvalue weighted by Crippen LogP contribution is -2.34. The van der Waals surface area contributed by atoms with E-state index in [0.717, 1.165) is 11.3 Å². The molecule has 1 aromatic rings. The summed E-state index contributed by atoms with van der Waals surface area (Å²) in [6, 6.07) is 0.714. The Labute approximate surface area is 102 Å². The van der Waals surface area contributed by atoms with Gasteiger partial charge in [-0.2, -0.15) is 0 Å². The van der Waals surface area contributed by atoms with E-state index in [0.29, 0.717) is 4.34 Å². The Morgan fingerprint density at radius 1 is 1.60 bits per heavy atom. The predicted octanol–water partition coefficient (Wildman–Crippen LogP) is 1.71. The van der Waals surface area contributed by atoms with Crippen LogP contribution < -0.4 is 4.72 Å². The van der Waals surface area contributed by atoms with Crippen LogP contribution in [0.25, 0.3) is 0 Å². The van der Waals surface area contributed by atoms with Crippen LogP contribution in [0.3, 0.4) is 0 Å². The smallest absolute Gasteiger partial charge is 0.243 e. The van der Waals surface area contributed by atoms with Crippen LogP contribution in [0.4, 0.5) is 0 Å². The highest BCUT2D eigenvalue weighted by molar-refractivity contribution is 7.89. The largest absolute Gasteiger partial charge is 0.395 e. The van der Waals surface area contributed by atoms with Crippen LogP contribution in [0.5, 0.6) is 0 Å². The first-order chi connectivity index (χ1) is 6.86. The molecular weight excluding hydrogens is 281 g/mol. The molecular formula is C7H9Cl2NO3S2. The topological polar surface area (TPSA) is 66.4 Å². The molecule has 0 aliphatic heterocycles. The van der Waals surface area contributed by atoms with E-state index in [1.807, 2.05) is 0 Å². The van der Waals surface area contributed by atoms with Gasteiger partial charge in [-0.05, 0) is 13.0 Å². The minimum absolute atomic E-state index is 0.0560. The van der Waals surface area contributed by atoms with E-state index in [1.54, 1.807) is 6.92 Å². The monoisotopic (exact) mass is 289 g/mol. The molecule has 1 heterocycles. The summed E-state index contributed by atoms with van der Waals surface area (Å²) in [5.74, 6) is 0. The zero-order chi connectivity index (χ0) is 11.6. The van der Waals surface area contributed by atoms with Gasteiger partial charge in [0.05, 0.1) is 10.9 Å². The van der Waals surface area contributed by atoms with Crippen LogP contribution in [-0.4, -0.2) is 26.2 Å². The summed E-state index contributed by atoms with van der Waals surface area (Å²) < 4.78 is 26.0. The van der Waals surface area contributed by atoms with Gasteiger partial charge in [0, 0.05) is 6.04 Å². The van der Waals surface area contributed by atoms with Gasteiger partial charge in [-0.1, -0.05) is 23.2 Å².